The van der Waals surface area contributed by atoms with Gasteiger partial charge >= 0.3 is 0 Å². The smallest absolute Gasteiger partial charge is 0.192 e. The van der Waals surface area contributed by atoms with E-state index in [0.29, 0.717) is 0 Å². The lowest BCUT2D eigenvalue weighted by molar-refractivity contribution is 0.684. The average Bonchev–Trinajstić information content (AvgIpc) is 2.57. The van der Waals surface area contributed by atoms with Crippen LogP contribution >= 0.6 is 27.7 Å². The van der Waals surface area contributed by atoms with E-state index in [2.05, 4.69) is 31.0 Å². The van der Waals surface area contributed by atoms with E-state index in [9.17, 15) is 0 Å². The van der Waals surface area contributed by atoms with E-state index >= 15 is 0 Å². The number of pyridine rings is 1. The molecule has 0 aromatic carbocycles. The molecule has 0 aliphatic carbocycles. The van der Waals surface area contributed by atoms with Crippen LogP contribution in [0.3, 0.4) is 0 Å². The summed E-state index contributed by atoms with van der Waals surface area (Å²) >= 11 is 4.96. The quantitative estimate of drug-likeness (QED) is 0.850. The molecule has 0 saturated heterocycles. The van der Waals surface area contributed by atoms with Crippen molar-refractivity contribution in [3.63, 3.8) is 0 Å². The van der Waals surface area contributed by atoms with Gasteiger partial charge in [0.25, 0.3) is 0 Å². The van der Waals surface area contributed by atoms with Crippen LogP contribution in [-0.4, -0.2) is 19.7 Å². The summed E-state index contributed by atoms with van der Waals surface area (Å²) in [4.78, 5) is 8.46. The molecule has 2 aromatic heterocycles. The summed E-state index contributed by atoms with van der Waals surface area (Å²) in [5.74, 6) is 0. The summed E-state index contributed by atoms with van der Waals surface area (Å²) in [6, 6.07) is 2.03. The molecule has 0 radical (unpaired) electrons. The van der Waals surface area contributed by atoms with Crippen LogP contribution in [0.5, 0.6) is 0 Å². The van der Waals surface area contributed by atoms with E-state index < -0.39 is 0 Å². The zero-order chi connectivity index (χ0) is 10.8. The second kappa shape index (κ2) is 4.32. The fraction of sp³-hybridized carbons (Fsp3) is 0.222. The van der Waals surface area contributed by atoms with Crippen LogP contribution < -0.4 is 0 Å². The maximum atomic E-state index is 4.33. The third kappa shape index (κ3) is 2.38. The van der Waals surface area contributed by atoms with Crippen LogP contribution in [0.15, 0.2) is 33.2 Å². The molecule has 2 aromatic rings. The number of hydrogen-bond donors (Lipinski definition) is 0. The molecule has 0 unspecified atom stereocenters. The van der Waals surface area contributed by atoms with E-state index in [-0.39, 0.29) is 0 Å². The lowest BCUT2D eigenvalue weighted by Gasteiger charge is -2.02. The van der Waals surface area contributed by atoms with Crippen LogP contribution in [0.1, 0.15) is 5.56 Å². The van der Waals surface area contributed by atoms with Crippen molar-refractivity contribution in [1.82, 2.24) is 19.7 Å². The van der Waals surface area contributed by atoms with Gasteiger partial charge in [-0.05, 0) is 46.2 Å². The zero-order valence-electron chi connectivity index (χ0n) is 8.31. The molecule has 0 bridgehead atoms. The van der Waals surface area contributed by atoms with Gasteiger partial charge in [0.05, 0.1) is 4.47 Å². The van der Waals surface area contributed by atoms with Crippen LogP contribution in [0.4, 0.5) is 0 Å². The van der Waals surface area contributed by atoms with Crippen LogP contribution in [0, 0.1) is 6.92 Å². The van der Waals surface area contributed by atoms with Crippen LogP contribution in [0.25, 0.3) is 0 Å². The standard InChI is InChI=1S/C9H9BrN4S/c1-6-3-7(10)8(11-4-6)15-9-12-5-13-14(9)2/h3-5H,1-2H3. The minimum atomic E-state index is 0.826. The fourth-order valence-corrected chi connectivity index (χ4v) is 2.48. The second-order valence-electron chi connectivity index (χ2n) is 3.07. The molecule has 4 nitrogen and oxygen atoms in total. The van der Waals surface area contributed by atoms with E-state index in [4.69, 9.17) is 0 Å². The monoisotopic (exact) mass is 284 g/mol. The van der Waals surface area contributed by atoms with E-state index in [1.165, 1.54) is 18.1 Å². The SMILES string of the molecule is Cc1cnc(Sc2ncnn2C)c(Br)c1. The maximum absolute atomic E-state index is 4.33. The average molecular weight is 285 g/mol. The van der Waals surface area contributed by atoms with Crippen LogP contribution in [0.2, 0.25) is 0 Å². The number of aryl methyl sites for hydroxylation is 2. The number of rotatable bonds is 2. The molecular weight excluding hydrogens is 276 g/mol. The predicted octanol–water partition coefficient (Wildman–Crippen LogP) is 2.43. The third-order valence-corrected chi connectivity index (χ3v) is 3.74. The second-order valence-corrected chi connectivity index (χ2v) is 4.88. The number of halogens is 1. The first kappa shape index (κ1) is 10.6. The highest BCUT2D eigenvalue weighted by molar-refractivity contribution is 9.10. The number of nitrogens with zero attached hydrogens (tertiary/aromatic N) is 4. The van der Waals surface area contributed by atoms with Crippen molar-refractivity contribution < 1.29 is 0 Å². The van der Waals surface area contributed by atoms with Crippen LogP contribution in [-0.2, 0) is 7.05 Å². The molecule has 0 atom stereocenters. The molecule has 0 aliphatic rings. The molecule has 0 saturated carbocycles. The van der Waals surface area contributed by atoms with Crippen molar-refractivity contribution in [3.8, 4) is 0 Å². The Hall–Kier alpha value is -0.880. The van der Waals surface area contributed by atoms with E-state index in [1.807, 2.05) is 26.2 Å². The number of aromatic nitrogens is 4. The van der Waals surface area contributed by atoms with Gasteiger partial charge in [0.2, 0.25) is 0 Å². The van der Waals surface area contributed by atoms with Crippen molar-refractivity contribution >= 4 is 27.7 Å². The first-order chi connectivity index (χ1) is 7.16. The molecule has 0 N–H and O–H groups in total. The Morgan fingerprint density at radius 2 is 2.20 bits per heavy atom. The molecule has 0 aliphatic heterocycles. The molecule has 78 valence electrons. The normalized spacial score (nSPS) is 10.6. The first-order valence-electron chi connectivity index (χ1n) is 4.31. The van der Waals surface area contributed by atoms with E-state index in [1.54, 1.807) is 4.68 Å². The first-order valence-corrected chi connectivity index (χ1v) is 5.92. The lowest BCUT2D eigenvalue weighted by atomic mass is 10.3. The molecule has 0 fully saturated rings. The summed E-state index contributed by atoms with van der Waals surface area (Å²) in [5.41, 5.74) is 1.13. The molecule has 2 rings (SSSR count). The molecule has 0 amide bonds. The Balaban J connectivity index is 2.29. The topological polar surface area (TPSA) is 43.6 Å². The van der Waals surface area contributed by atoms with Gasteiger partial charge in [-0.25, -0.2) is 14.6 Å². The van der Waals surface area contributed by atoms with Crippen molar-refractivity contribution in [3.05, 3.63) is 28.6 Å². The van der Waals surface area contributed by atoms with Gasteiger partial charge in [-0.15, -0.1) is 0 Å². The highest BCUT2D eigenvalue weighted by Crippen LogP contribution is 2.30. The molecule has 0 spiro atoms. The Kier molecular flexibility index (Phi) is 3.06. The highest BCUT2D eigenvalue weighted by atomic mass is 79.9. The Labute approximate surface area is 100 Å². The summed E-state index contributed by atoms with van der Waals surface area (Å²) in [7, 11) is 1.86. The Bertz CT molecular complexity index is 483. The molecule has 15 heavy (non-hydrogen) atoms. The highest BCUT2D eigenvalue weighted by Gasteiger charge is 2.08. The number of hydrogen-bond acceptors (Lipinski definition) is 4. The predicted molar refractivity (Wildman–Crippen MR) is 61.8 cm³/mol. The van der Waals surface area contributed by atoms with E-state index in [0.717, 1.165) is 20.2 Å². The summed E-state index contributed by atoms with van der Waals surface area (Å²) in [6.07, 6.45) is 3.37. The van der Waals surface area contributed by atoms with Gasteiger partial charge in [-0.3, -0.25) is 0 Å². The van der Waals surface area contributed by atoms with Gasteiger partial charge in [-0.2, -0.15) is 5.10 Å². The molecular formula is C9H9BrN4S. The van der Waals surface area contributed by atoms with Crippen molar-refractivity contribution in [2.24, 2.45) is 7.05 Å². The van der Waals surface area contributed by atoms with Gasteiger partial charge in [-0.1, -0.05) is 0 Å². The maximum Gasteiger partial charge on any atom is 0.192 e. The largest absolute Gasteiger partial charge is 0.248 e. The minimum Gasteiger partial charge on any atom is -0.248 e. The lowest BCUT2D eigenvalue weighted by Crippen LogP contribution is -1.93. The van der Waals surface area contributed by atoms with Gasteiger partial charge in [0.15, 0.2) is 5.16 Å². The summed E-state index contributed by atoms with van der Waals surface area (Å²) < 4.78 is 2.70. The molecule has 6 heteroatoms. The zero-order valence-corrected chi connectivity index (χ0v) is 10.7. The van der Waals surface area contributed by atoms with Gasteiger partial charge < -0.3 is 0 Å². The Morgan fingerprint density at radius 3 is 2.80 bits per heavy atom. The Morgan fingerprint density at radius 1 is 1.40 bits per heavy atom. The van der Waals surface area contributed by atoms with Gasteiger partial charge in [0, 0.05) is 13.2 Å². The molecule has 2 heterocycles. The van der Waals surface area contributed by atoms with Crippen molar-refractivity contribution in [2.75, 3.05) is 0 Å². The summed E-state index contributed by atoms with van der Waals surface area (Å²) in [5, 5.41) is 5.73. The minimum absolute atomic E-state index is 0.826. The van der Waals surface area contributed by atoms with Gasteiger partial charge in [0.1, 0.15) is 11.4 Å². The van der Waals surface area contributed by atoms with Crippen molar-refractivity contribution in [2.45, 2.75) is 17.1 Å². The van der Waals surface area contributed by atoms with Crippen molar-refractivity contribution in [1.29, 1.82) is 0 Å². The fourth-order valence-electron chi connectivity index (χ4n) is 1.06. The summed E-state index contributed by atoms with van der Waals surface area (Å²) in [6.45, 7) is 2.01. The third-order valence-electron chi connectivity index (χ3n) is 1.80.